The van der Waals surface area contributed by atoms with Crippen LogP contribution in [0.5, 0.6) is 11.5 Å². The fourth-order valence-corrected chi connectivity index (χ4v) is 3.04. The Morgan fingerprint density at radius 3 is 2.74 bits per heavy atom. The molecule has 0 radical (unpaired) electrons. The van der Waals surface area contributed by atoms with E-state index in [1.54, 1.807) is 24.1 Å². The maximum absolute atomic E-state index is 12.6. The van der Waals surface area contributed by atoms with Gasteiger partial charge in [-0.3, -0.25) is 4.79 Å². The highest BCUT2D eigenvalue weighted by atomic mass is 19.4. The van der Waals surface area contributed by atoms with Gasteiger partial charge in [-0.1, -0.05) is 6.07 Å². The molecule has 0 spiro atoms. The number of ether oxygens (including phenoxy) is 2. The van der Waals surface area contributed by atoms with Crippen LogP contribution in [0.25, 0.3) is 0 Å². The summed E-state index contributed by atoms with van der Waals surface area (Å²) in [5.41, 5.74) is 2.24. The van der Waals surface area contributed by atoms with Crippen LogP contribution in [0.2, 0.25) is 0 Å². The van der Waals surface area contributed by atoms with E-state index >= 15 is 0 Å². The number of benzene rings is 2. The molecule has 1 N–H and O–H groups in total. The molecule has 1 amide bonds. The van der Waals surface area contributed by atoms with Gasteiger partial charge in [0, 0.05) is 24.0 Å². The summed E-state index contributed by atoms with van der Waals surface area (Å²) in [5.74, 6) is 0.237. The predicted molar refractivity (Wildman–Crippen MR) is 95.3 cm³/mol. The number of aryl methyl sites for hydroxylation is 1. The van der Waals surface area contributed by atoms with E-state index in [-0.39, 0.29) is 18.2 Å². The Bertz CT molecular complexity index is 824. The number of amides is 1. The molecule has 0 bridgehead atoms. The second kappa shape index (κ2) is 7.77. The number of nitrogens with one attached hydrogen (secondary N) is 1. The lowest BCUT2D eigenvalue weighted by atomic mass is 10.0. The first-order valence-corrected chi connectivity index (χ1v) is 8.43. The normalized spacial score (nSPS) is 13.7. The molecule has 0 saturated heterocycles. The van der Waals surface area contributed by atoms with Gasteiger partial charge >= 0.3 is 6.36 Å². The van der Waals surface area contributed by atoms with Gasteiger partial charge < -0.3 is 19.7 Å². The van der Waals surface area contributed by atoms with Crippen LogP contribution in [0, 0.1) is 0 Å². The van der Waals surface area contributed by atoms with E-state index in [9.17, 15) is 18.0 Å². The zero-order chi connectivity index (χ0) is 19.4. The van der Waals surface area contributed by atoms with Gasteiger partial charge in [-0.05, 0) is 48.7 Å². The van der Waals surface area contributed by atoms with Crippen molar-refractivity contribution in [2.45, 2.75) is 19.2 Å². The number of fused-ring (bicyclic) bond motifs is 1. The van der Waals surface area contributed by atoms with Crippen LogP contribution in [-0.2, 0) is 11.2 Å². The van der Waals surface area contributed by atoms with E-state index in [1.807, 2.05) is 12.1 Å². The standard InChI is InChI=1S/C19H19F3N2O3/c1-26-15-7-8-17-13(10-15)4-3-9-24(17)18(25)12-23-14-5-2-6-16(11-14)27-19(20,21)22/h2,5-8,10-11,23H,3-4,9,12H2,1H3. The summed E-state index contributed by atoms with van der Waals surface area (Å²) >= 11 is 0. The minimum atomic E-state index is -4.76. The molecule has 1 heterocycles. The van der Waals surface area contributed by atoms with Gasteiger partial charge in [-0.2, -0.15) is 0 Å². The van der Waals surface area contributed by atoms with Crippen LogP contribution < -0.4 is 19.7 Å². The van der Waals surface area contributed by atoms with Crippen molar-refractivity contribution in [2.75, 3.05) is 30.4 Å². The number of hydrogen-bond donors (Lipinski definition) is 1. The molecule has 2 aromatic carbocycles. The summed E-state index contributed by atoms with van der Waals surface area (Å²) in [4.78, 5) is 14.3. The number of rotatable bonds is 5. The van der Waals surface area contributed by atoms with Crippen LogP contribution in [0.3, 0.4) is 0 Å². The molecule has 8 heteroatoms. The first-order valence-electron chi connectivity index (χ1n) is 8.43. The van der Waals surface area contributed by atoms with Crippen molar-refractivity contribution in [2.24, 2.45) is 0 Å². The number of carbonyl (C=O) groups excluding carboxylic acids is 1. The van der Waals surface area contributed by atoms with Crippen LogP contribution in [0.4, 0.5) is 24.5 Å². The quantitative estimate of drug-likeness (QED) is 0.852. The second-order valence-electron chi connectivity index (χ2n) is 6.07. The number of nitrogens with zero attached hydrogens (tertiary/aromatic N) is 1. The molecule has 1 aliphatic rings. The summed E-state index contributed by atoms with van der Waals surface area (Å²) in [6, 6.07) is 11.0. The molecule has 0 aliphatic carbocycles. The first-order chi connectivity index (χ1) is 12.9. The van der Waals surface area contributed by atoms with E-state index in [0.717, 1.165) is 29.8 Å². The molecule has 0 atom stereocenters. The molecule has 0 unspecified atom stereocenters. The molecule has 27 heavy (non-hydrogen) atoms. The third-order valence-corrected chi connectivity index (χ3v) is 4.22. The molecular formula is C19H19F3N2O3. The molecule has 0 fully saturated rings. The average molecular weight is 380 g/mol. The molecular weight excluding hydrogens is 361 g/mol. The number of halogens is 3. The van der Waals surface area contributed by atoms with E-state index in [1.165, 1.54) is 18.2 Å². The van der Waals surface area contributed by atoms with E-state index in [4.69, 9.17) is 4.74 Å². The fourth-order valence-electron chi connectivity index (χ4n) is 3.04. The van der Waals surface area contributed by atoms with E-state index < -0.39 is 6.36 Å². The number of carbonyl (C=O) groups is 1. The number of alkyl halides is 3. The molecule has 0 saturated carbocycles. The van der Waals surface area contributed by atoms with Gasteiger partial charge in [-0.15, -0.1) is 13.2 Å². The van der Waals surface area contributed by atoms with Crippen molar-refractivity contribution in [1.82, 2.24) is 0 Å². The Morgan fingerprint density at radius 1 is 1.19 bits per heavy atom. The molecule has 0 aromatic heterocycles. The monoisotopic (exact) mass is 380 g/mol. The zero-order valence-corrected chi connectivity index (χ0v) is 14.7. The first kappa shape index (κ1) is 18.9. The molecule has 5 nitrogen and oxygen atoms in total. The van der Waals surface area contributed by atoms with Crippen LogP contribution in [-0.4, -0.2) is 32.5 Å². The van der Waals surface area contributed by atoms with Crippen molar-refractivity contribution in [3.05, 3.63) is 48.0 Å². The third kappa shape index (κ3) is 4.84. The van der Waals surface area contributed by atoms with Gasteiger partial charge in [0.25, 0.3) is 0 Å². The summed E-state index contributed by atoms with van der Waals surface area (Å²) in [5, 5.41) is 2.86. The minimum absolute atomic E-state index is 0.0407. The summed E-state index contributed by atoms with van der Waals surface area (Å²) < 4.78 is 46.0. The van der Waals surface area contributed by atoms with Gasteiger partial charge in [0.2, 0.25) is 5.91 Å². The Balaban J connectivity index is 1.66. The van der Waals surface area contributed by atoms with Crippen LogP contribution >= 0.6 is 0 Å². The van der Waals surface area contributed by atoms with Crippen LogP contribution in [0.15, 0.2) is 42.5 Å². The largest absolute Gasteiger partial charge is 0.573 e. The minimum Gasteiger partial charge on any atom is -0.497 e. The third-order valence-electron chi connectivity index (χ3n) is 4.22. The Kier molecular flexibility index (Phi) is 5.43. The lowest BCUT2D eigenvalue weighted by Gasteiger charge is -2.30. The topological polar surface area (TPSA) is 50.8 Å². The van der Waals surface area contributed by atoms with E-state index in [2.05, 4.69) is 10.1 Å². The Morgan fingerprint density at radius 2 is 2.00 bits per heavy atom. The van der Waals surface area contributed by atoms with Crippen molar-refractivity contribution in [3.8, 4) is 11.5 Å². The summed E-state index contributed by atoms with van der Waals surface area (Å²) in [6.07, 6.45) is -3.06. The highest BCUT2D eigenvalue weighted by Crippen LogP contribution is 2.31. The lowest BCUT2D eigenvalue weighted by Crippen LogP contribution is -2.39. The van der Waals surface area contributed by atoms with Crippen molar-refractivity contribution in [1.29, 1.82) is 0 Å². The van der Waals surface area contributed by atoms with Gasteiger partial charge in [-0.25, -0.2) is 0 Å². The van der Waals surface area contributed by atoms with Crippen molar-refractivity contribution >= 4 is 17.3 Å². The van der Waals surface area contributed by atoms with Crippen molar-refractivity contribution in [3.63, 3.8) is 0 Å². The Hall–Kier alpha value is -2.90. The summed E-state index contributed by atoms with van der Waals surface area (Å²) in [7, 11) is 1.59. The number of hydrogen-bond acceptors (Lipinski definition) is 4. The number of anilines is 2. The highest BCUT2D eigenvalue weighted by molar-refractivity contribution is 5.97. The molecule has 3 rings (SSSR count). The molecule has 1 aliphatic heterocycles. The SMILES string of the molecule is COc1ccc2c(c1)CCCN2C(=O)CNc1cccc(OC(F)(F)F)c1. The molecule has 144 valence electrons. The number of methoxy groups -OCH3 is 1. The van der Waals surface area contributed by atoms with Crippen molar-refractivity contribution < 1.29 is 27.4 Å². The van der Waals surface area contributed by atoms with Gasteiger partial charge in [0.1, 0.15) is 11.5 Å². The van der Waals surface area contributed by atoms with Crippen LogP contribution in [0.1, 0.15) is 12.0 Å². The maximum Gasteiger partial charge on any atom is 0.573 e. The summed E-state index contributed by atoms with van der Waals surface area (Å²) in [6.45, 7) is 0.554. The maximum atomic E-state index is 12.6. The smallest absolute Gasteiger partial charge is 0.497 e. The van der Waals surface area contributed by atoms with Gasteiger partial charge in [0.15, 0.2) is 0 Å². The zero-order valence-electron chi connectivity index (χ0n) is 14.7. The highest BCUT2D eigenvalue weighted by Gasteiger charge is 2.31. The fraction of sp³-hybridized carbons (Fsp3) is 0.316. The van der Waals surface area contributed by atoms with Gasteiger partial charge in [0.05, 0.1) is 13.7 Å². The second-order valence-corrected chi connectivity index (χ2v) is 6.07. The average Bonchev–Trinajstić information content (AvgIpc) is 2.64. The lowest BCUT2D eigenvalue weighted by molar-refractivity contribution is -0.274. The van der Waals surface area contributed by atoms with E-state index in [0.29, 0.717) is 12.2 Å². The molecule has 2 aromatic rings. The predicted octanol–water partition coefficient (Wildman–Crippen LogP) is 3.99. The Labute approximate surface area is 154 Å².